The third-order valence-corrected chi connectivity index (χ3v) is 12.5. The molecule has 6 aromatic rings. The van der Waals surface area contributed by atoms with E-state index in [1.54, 1.807) is 103 Å². The lowest BCUT2D eigenvalue weighted by molar-refractivity contribution is -0.142. The number of carbonyl (C=O) groups is 4. The fourth-order valence-corrected chi connectivity index (χ4v) is 9.28. The normalized spacial score (nSPS) is 11.5. The highest BCUT2D eigenvalue weighted by Gasteiger charge is 2.24. The molecule has 0 aliphatic carbocycles. The number of hydrogen-bond acceptors (Lipinski definition) is 7. The summed E-state index contributed by atoms with van der Waals surface area (Å²) in [5, 5.41) is 23.1. The van der Waals surface area contributed by atoms with Crippen molar-refractivity contribution in [3.63, 3.8) is 0 Å². The van der Waals surface area contributed by atoms with Crippen LogP contribution in [0, 0.1) is 13.8 Å². The quantitative estimate of drug-likeness (QED) is 0.0528. The fraction of sp³-hybridized carbons (Fsp3) is 0.143. The van der Waals surface area contributed by atoms with Gasteiger partial charge in [0.15, 0.2) is 0 Å². The molecule has 0 saturated heterocycles. The highest BCUT2D eigenvalue weighted by molar-refractivity contribution is 7.81. The fourth-order valence-electron chi connectivity index (χ4n) is 6.57. The van der Waals surface area contributed by atoms with Crippen LogP contribution in [0.3, 0.4) is 0 Å². The Balaban J connectivity index is 0.000000251. The molecular formula is C49H40Cl6N4O6S2. The molecule has 0 spiro atoms. The zero-order valence-corrected chi connectivity index (χ0v) is 41.9. The average molecular weight is 1060 g/mol. The van der Waals surface area contributed by atoms with Crippen LogP contribution in [-0.2, 0) is 27.2 Å². The van der Waals surface area contributed by atoms with Gasteiger partial charge in [0.1, 0.15) is 22.1 Å². The minimum absolute atomic E-state index is 0.170. The summed E-state index contributed by atoms with van der Waals surface area (Å²) in [4.78, 5) is 50.0. The largest absolute Gasteiger partial charge is 0.480 e. The van der Waals surface area contributed by atoms with Crippen molar-refractivity contribution in [2.45, 2.75) is 38.8 Å². The van der Waals surface area contributed by atoms with Gasteiger partial charge in [-0.25, -0.2) is 9.59 Å². The molecule has 10 nitrogen and oxygen atoms in total. The number of amides is 2. The first-order valence-electron chi connectivity index (χ1n) is 20.0. The van der Waals surface area contributed by atoms with Crippen molar-refractivity contribution in [3.05, 3.63) is 196 Å². The number of hydrogen-bond donors (Lipinski definition) is 5. The molecule has 0 heterocycles. The van der Waals surface area contributed by atoms with Gasteiger partial charge in [-0.3, -0.25) is 9.59 Å². The predicted molar refractivity (Wildman–Crippen MR) is 278 cm³/mol. The van der Waals surface area contributed by atoms with Crippen LogP contribution in [0.25, 0.3) is 0 Å². The van der Waals surface area contributed by atoms with Crippen LogP contribution in [0.2, 0.25) is 30.1 Å². The van der Waals surface area contributed by atoms with E-state index in [0.717, 1.165) is 22.3 Å². The van der Waals surface area contributed by atoms with Crippen molar-refractivity contribution in [3.8, 4) is 0 Å². The molecule has 346 valence electrons. The van der Waals surface area contributed by atoms with Gasteiger partial charge in [0.25, 0.3) is 11.8 Å². The molecule has 0 bridgehead atoms. The van der Waals surface area contributed by atoms with Crippen LogP contribution >= 0.6 is 94.0 Å². The molecule has 5 N–H and O–H groups in total. The van der Waals surface area contributed by atoms with Gasteiger partial charge in [-0.2, -0.15) is 0 Å². The SMILES string of the molecule is COC(=O)C(Cc1ccc(NC(=O)c2c(Cl)cccc2Cl)cc1)NC(=S)c1c(C)cccc1Cl.Cc1cccc(Cl)c1C(=S)NC(Cc1ccc(NC(=O)c2c(Cl)cccc2Cl)cc1)C(=O)O. The minimum atomic E-state index is -1.05. The zero-order valence-electron chi connectivity index (χ0n) is 35.7. The van der Waals surface area contributed by atoms with E-state index >= 15 is 0 Å². The number of thiocarbonyl (C=S) groups is 2. The van der Waals surface area contributed by atoms with Crippen LogP contribution < -0.4 is 21.3 Å². The third-order valence-electron chi connectivity index (χ3n) is 9.98. The summed E-state index contributed by atoms with van der Waals surface area (Å²) in [5.74, 6) is -2.37. The highest BCUT2D eigenvalue weighted by atomic mass is 35.5. The molecule has 0 aliphatic rings. The number of nitrogens with one attached hydrogen (secondary N) is 4. The van der Waals surface area contributed by atoms with Crippen LogP contribution in [0.1, 0.15) is 54.1 Å². The molecule has 6 rings (SSSR count). The number of carboxylic acid groups (broad SMARTS) is 1. The zero-order chi connectivity index (χ0) is 48.9. The molecule has 6 aromatic carbocycles. The number of esters is 1. The summed E-state index contributed by atoms with van der Waals surface area (Å²) in [7, 11) is 1.32. The van der Waals surface area contributed by atoms with Crippen LogP contribution in [0.15, 0.2) is 121 Å². The van der Waals surface area contributed by atoms with Gasteiger partial charge in [0, 0.05) is 35.3 Å². The van der Waals surface area contributed by atoms with Gasteiger partial charge in [-0.1, -0.05) is 155 Å². The number of ether oxygens (including phenoxy) is 1. The van der Waals surface area contributed by atoms with Gasteiger partial charge in [-0.05, 0) is 96.8 Å². The number of aryl methyl sites for hydroxylation is 2. The number of anilines is 2. The summed E-state index contributed by atoms with van der Waals surface area (Å²) in [6, 6.07) is 32.7. The number of rotatable bonds is 14. The number of halogens is 6. The van der Waals surface area contributed by atoms with Crippen molar-refractivity contribution in [2.75, 3.05) is 17.7 Å². The lowest BCUT2D eigenvalue weighted by Gasteiger charge is -2.20. The molecule has 0 aromatic heterocycles. The van der Waals surface area contributed by atoms with E-state index in [1.807, 2.05) is 32.0 Å². The molecule has 2 atom stereocenters. The maximum Gasteiger partial charge on any atom is 0.328 e. The van der Waals surface area contributed by atoms with Crippen molar-refractivity contribution >= 4 is 139 Å². The van der Waals surface area contributed by atoms with E-state index < -0.39 is 35.8 Å². The van der Waals surface area contributed by atoms with Crippen molar-refractivity contribution in [2.24, 2.45) is 0 Å². The Morgan fingerprint density at radius 3 is 1.15 bits per heavy atom. The molecule has 67 heavy (non-hydrogen) atoms. The standard InChI is InChI=1S/C25H21Cl3N2O3S.C24H19Cl3N2O3S/c1-14-5-3-6-17(26)21(14)24(34)30-20(25(32)33-2)13-15-9-11-16(12-10-15)29-23(31)22-18(27)7-4-8-19(22)28;1-13-4-2-5-16(25)20(13)23(33)29-19(24(31)32)12-14-8-10-15(11-9-14)28-22(30)21-17(26)6-3-7-18(21)27/h3-12,20H,13H2,1-2H3,(H,29,31)(H,30,34);2-11,19H,12H2,1H3,(H,28,30)(H,29,33)(H,31,32). The van der Waals surface area contributed by atoms with E-state index in [0.29, 0.717) is 44.0 Å². The lowest BCUT2D eigenvalue weighted by atomic mass is 10.0. The number of benzene rings is 6. The molecular weight excluding hydrogens is 1020 g/mol. The smallest absolute Gasteiger partial charge is 0.328 e. The van der Waals surface area contributed by atoms with Gasteiger partial charge in [0.05, 0.1) is 48.4 Å². The monoisotopic (exact) mass is 1050 g/mol. The van der Waals surface area contributed by atoms with Crippen molar-refractivity contribution in [1.29, 1.82) is 0 Å². The van der Waals surface area contributed by atoms with Crippen LogP contribution in [0.4, 0.5) is 11.4 Å². The first kappa shape index (κ1) is 52.7. The Kier molecular flexibility index (Phi) is 19.4. The first-order valence-corrected chi connectivity index (χ1v) is 23.1. The Hall–Kier alpha value is -5.28. The summed E-state index contributed by atoms with van der Waals surface area (Å²) >= 11 is 47.9. The Morgan fingerprint density at radius 1 is 0.507 bits per heavy atom. The number of methoxy groups -OCH3 is 1. The highest BCUT2D eigenvalue weighted by Crippen LogP contribution is 2.28. The summed E-state index contributed by atoms with van der Waals surface area (Å²) < 4.78 is 4.95. The molecule has 0 aliphatic heterocycles. The second-order valence-electron chi connectivity index (χ2n) is 14.7. The Bertz CT molecular complexity index is 2750. The molecule has 18 heteroatoms. The summed E-state index contributed by atoms with van der Waals surface area (Å²) in [6.45, 7) is 3.75. The minimum Gasteiger partial charge on any atom is -0.480 e. The van der Waals surface area contributed by atoms with E-state index in [4.69, 9.17) is 98.8 Å². The predicted octanol–water partition coefficient (Wildman–Crippen LogP) is 12.4. The number of carbonyl (C=O) groups excluding carboxylic acids is 3. The molecule has 0 saturated carbocycles. The summed E-state index contributed by atoms with van der Waals surface area (Å²) in [6.07, 6.45) is 0.477. The van der Waals surface area contributed by atoms with E-state index in [9.17, 15) is 24.3 Å². The molecule has 0 fully saturated rings. The van der Waals surface area contributed by atoms with Crippen LogP contribution in [-0.4, -0.2) is 58.0 Å². The maximum absolute atomic E-state index is 12.6. The average Bonchev–Trinajstić information content (AvgIpc) is 3.27. The van der Waals surface area contributed by atoms with Crippen molar-refractivity contribution < 1.29 is 29.0 Å². The van der Waals surface area contributed by atoms with Gasteiger partial charge in [0.2, 0.25) is 0 Å². The molecule has 2 unspecified atom stereocenters. The molecule has 0 radical (unpaired) electrons. The lowest BCUT2D eigenvalue weighted by Crippen LogP contribution is -2.43. The maximum atomic E-state index is 12.6. The van der Waals surface area contributed by atoms with Gasteiger partial charge < -0.3 is 31.1 Å². The third kappa shape index (κ3) is 14.4. The van der Waals surface area contributed by atoms with Gasteiger partial charge >= 0.3 is 11.9 Å². The second kappa shape index (κ2) is 24.7. The van der Waals surface area contributed by atoms with E-state index in [1.165, 1.54) is 7.11 Å². The van der Waals surface area contributed by atoms with E-state index in [2.05, 4.69) is 21.3 Å². The molecule has 2 amide bonds. The van der Waals surface area contributed by atoms with Gasteiger partial charge in [-0.15, -0.1) is 0 Å². The number of carboxylic acids is 1. The number of aliphatic carboxylic acids is 1. The first-order chi connectivity index (χ1) is 31.9. The summed E-state index contributed by atoms with van der Waals surface area (Å²) in [5.41, 5.74) is 6.04. The van der Waals surface area contributed by atoms with Crippen LogP contribution in [0.5, 0.6) is 0 Å². The topological polar surface area (TPSA) is 146 Å². The van der Waals surface area contributed by atoms with E-state index in [-0.39, 0.29) is 42.6 Å². The Morgan fingerprint density at radius 2 is 0.821 bits per heavy atom. The second-order valence-corrected chi connectivity index (χ2v) is 17.9. The van der Waals surface area contributed by atoms with Crippen molar-refractivity contribution in [1.82, 2.24) is 10.6 Å². The Labute approximate surface area is 428 Å².